The topological polar surface area (TPSA) is 50.1 Å². The number of nitrogens with zero attached hydrogens (tertiary/aromatic N) is 1. The quantitative estimate of drug-likeness (QED) is 0.630. The summed E-state index contributed by atoms with van der Waals surface area (Å²) in [6.07, 6.45) is -4.74. The van der Waals surface area contributed by atoms with Gasteiger partial charge in [-0.1, -0.05) is 0 Å². The van der Waals surface area contributed by atoms with Gasteiger partial charge in [0, 0.05) is 5.56 Å². The summed E-state index contributed by atoms with van der Waals surface area (Å²) in [5.41, 5.74) is -2.09. The van der Waals surface area contributed by atoms with Gasteiger partial charge in [0.05, 0.1) is 24.1 Å². The number of hydrogen-bond donors (Lipinski definition) is 0. The molecule has 0 amide bonds. The molecule has 0 spiro atoms. The molecule has 0 radical (unpaired) electrons. The zero-order valence-electron chi connectivity index (χ0n) is 9.14. The zero-order chi connectivity index (χ0) is 13.9. The van der Waals surface area contributed by atoms with Crippen LogP contribution in [0, 0.1) is 11.3 Å². The average molecular weight is 278 g/mol. The average Bonchev–Trinajstić information content (AvgIpc) is 2.34. The normalized spacial score (nSPS) is 10.9. The summed E-state index contributed by atoms with van der Waals surface area (Å²) in [6.45, 7) is 0. The maximum atomic E-state index is 12.8. The fourth-order valence-corrected chi connectivity index (χ4v) is 1.52. The number of methoxy groups -OCH3 is 1. The molecular weight excluding hydrogens is 271 g/mol. The second-order valence-corrected chi connectivity index (χ2v) is 3.53. The summed E-state index contributed by atoms with van der Waals surface area (Å²) < 4.78 is 43.0. The fourth-order valence-electron chi connectivity index (χ4n) is 1.37. The van der Waals surface area contributed by atoms with Gasteiger partial charge in [0.1, 0.15) is 11.8 Å². The third kappa shape index (κ3) is 2.74. The second kappa shape index (κ2) is 5.27. The van der Waals surface area contributed by atoms with E-state index in [9.17, 15) is 18.0 Å². The minimum Gasteiger partial charge on any atom is -0.495 e. The molecule has 3 nitrogen and oxygen atoms in total. The number of ketones is 1. The van der Waals surface area contributed by atoms with Crippen molar-refractivity contribution < 1.29 is 22.7 Å². The lowest BCUT2D eigenvalue weighted by atomic mass is 10.00. The van der Waals surface area contributed by atoms with Crippen LogP contribution < -0.4 is 4.74 Å². The van der Waals surface area contributed by atoms with Crippen LogP contribution in [0.1, 0.15) is 21.5 Å². The van der Waals surface area contributed by atoms with Crippen LogP contribution in [0.25, 0.3) is 0 Å². The van der Waals surface area contributed by atoms with Crippen molar-refractivity contribution in [3.63, 3.8) is 0 Å². The third-order valence-corrected chi connectivity index (χ3v) is 2.43. The number of Topliss-reactive ketones (excluding diaryl/α,β-unsaturated/α-hetero) is 1. The lowest BCUT2D eigenvalue weighted by Gasteiger charge is -2.13. The molecule has 1 aromatic rings. The molecule has 0 fully saturated rings. The number of ether oxygens (including phenoxy) is 1. The molecule has 0 aliphatic heterocycles. The van der Waals surface area contributed by atoms with Crippen molar-refractivity contribution in [2.24, 2.45) is 0 Å². The molecule has 0 saturated heterocycles. The standard InChI is InChI=1S/C11H7ClF3NO2/c1-18-10-3-7(9(17)4-12)8(11(13,14)15)2-6(10)5-16/h2-3H,4H2,1H3. The highest BCUT2D eigenvalue weighted by atomic mass is 35.5. The first-order valence-electron chi connectivity index (χ1n) is 4.63. The second-order valence-electron chi connectivity index (χ2n) is 3.26. The molecule has 96 valence electrons. The Morgan fingerprint density at radius 2 is 2.11 bits per heavy atom. The molecule has 0 bridgehead atoms. The predicted molar refractivity (Wildman–Crippen MR) is 57.8 cm³/mol. The molecular formula is C11H7ClF3NO2. The van der Waals surface area contributed by atoms with E-state index in [1.54, 1.807) is 6.07 Å². The minimum absolute atomic E-state index is 0.0982. The molecule has 18 heavy (non-hydrogen) atoms. The van der Waals surface area contributed by atoms with Gasteiger partial charge >= 0.3 is 6.18 Å². The fraction of sp³-hybridized carbons (Fsp3) is 0.273. The Morgan fingerprint density at radius 1 is 1.50 bits per heavy atom. The summed E-state index contributed by atoms with van der Waals surface area (Å²) in [7, 11) is 1.19. The molecule has 7 heteroatoms. The molecule has 1 aromatic carbocycles. The molecule has 1 rings (SSSR count). The van der Waals surface area contributed by atoms with Crippen LogP contribution in [0.15, 0.2) is 12.1 Å². The first-order chi connectivity index (χ1) is 8.35. The molecule has 0 heterocycles. The van der Waals surface area contributed by atoms with Gasteiger partial charge in [0.25, 0.3) is 0 Å². The highest BCUT2D eigenvalue weighted by molar-refractivity contribution is 6.30. The first-order valence-corrected chi connectivity index (χ1v) is 5.17. The van der Waals surface area contributed by atoms with E-state index in [-0.39, 0.29) is 11.3 Å². The van der Waals surface area contributed by atoms with E-state index in [0.29, 0.717) is 6.07 Å². The maximum Gasteiger partial charge on any atom is 0.417 e. The largest absolute Gasteiger partial charge is 0.495 e. The van der Waals surface area contributed by atoms with Gasteiger partial charge in [-0.25, -0.2) is 0 Å². The SMILES string of the molecule is COc1cc(C(=O)CCl)c(C(F)(F)F)cc1C#N. The third-order valence-electron chi connectivity index (χ3n) is 2.19. The van der Waals surface area contributed by atoms with Gasteiger partial charge in [-0.05, 0) is 12.1 Å². The van der Waals surface area contributed by atoms with E-state index >= 15 is 0 Å². The minimum atomic E-state index is -4.74. The van der Waals surface area contributed by atoms with Crippen LogP contribution >= 0.6 is 11.6 Å². The van der Waals surface area contributed by atoms with Crippen LogP contribution in [0.3, 0.4) is 0 Å². The predicted octanol–water partition coefficient (Wildman–Crippen LogP) is 3.01. The Balaban J connectivity index is 3.58. The summed E-state index contributed by atoms with van der Waals surface area (Å²) in [5, 5.41) is 8.72. The summed E-state index contributed by atoms with van der Waals surface area (Å²) in [6, 6.07) is 3.04. The number of rotatable bonds is 3. The highest BCUT2D eigenvalue weighted by Gasteiger charge is 2.36. The highest BCUT2D eigenvalue weighted by Crippen LogP contribution is 2.36. The molecule has 0 aliphatic rings. The van der Waals surface area contributed by atoms with E-state index in [2.05, 4.69) is 0 Å². The molecule has 0 N–H and O–H groups in total. The van der Waals surface area contributed by atoms with E-state index in [0.717, 1.165) is 6.07 Å². The lowest BCUT2D eigenvalue weighted by molar-refractivity contribution is -0.137. The molecule has 0 unspecified atom stereocenters. The molecule has 0 saturated carbocycles. The number of halogens is 4. The van der Waals surface area contributed by atoms with Crippen molar-refractivity contribution in [1.82, 2.24) is 0 Å². The molecule has 0 aliphatic carbocycles. The lowest BCUT2D eigenvalue weighted by Crippen LogP contribution is -2.15. The number of hydrogen-bond acceptors (Lipinski definition) is 3. The van der Waals surface area contributed by atoms with Crippen LogP contribution in [0.4, 0.5) is 13.2 Å². The van der Waals surface area contributed by atoms with E-state index < -0.39 is 29.0 Å². The van der Waals surface area contributed by atoms with Gasteiger partial charge in [-0.3, -0.25) is 4.79 Å². The zero-order valence-corrected chi connectivity index (χ0v) is 9.89. The van der Waals surface area contributed by atoms with Crippen molar-refractivity contribution >= 4 is 17.4 Å². The molecule has 0 atom stereocenters. The Bertz CT molecular complexity index is 520. The van der Waals surface area contributed by atoms with Gasteiger partial charge in [0.2, 0.25) is 0 Å². The summed E-state index contributed by atoms with van der Waals surface area (Å²) in [4.78, 5) is 11.4. The van der Waals surface area contributed by atoms with Crippen LogP contribution in [0.2, 0.25) is 0 Å². The van der Waals surface area contributed by atoms with E-state index in [4.69, 9.17) is 21.6 Å². The number of nitriles is 1. The summed E-state index contributed by atoms with van der Waals surface area (Å²) >= 11 is 5.26. The monoisotopic (exact) mass is 277 g/mol. The van der Waals surface area contributed by atoms with Crippen LogP contribution in [0.5, 0.6) is 5.75 Å². The van der Waals surface area contributed by atoms with Gasteiger partial charge in [0.15, 0.2) is 5.78 Å². The van der Waals surface area contributed by atoms with E-state index in [1.165, 1.54) is 7.11 Å². The van der Waals surface area contributed by atoms with Crippen molar-refractivity contribution in [3.05, 3.63) is 28.8 Å². The van der Waals surface area contributed by atoms with Crippen molar-refractivity contribution in [3.8, 4) is 11.8 Å². The van der Waals surface area contributed by atoms with Gasteiger partial charge < -0.3 is 4.74 Å². The maximum absolute atomic E-state index is 12.8. The number of carbonyl (C=O) groups excluding carboxylic acids is 1. The smallest absolute Gasteiger partial charge is 0.417 e. The first kappa shape index (κ1) is 14.3. The number of carbonyl (C=O) groups is 1. The van der Waals surface area contributed by atoms with Crippen molar-refractivity contribution in [2.75, 3.05) is 13.0 Å². The van der Waals surface area contributed by atoms with Crippen molar-refractivity contribution in [2.45, 2.75) is 6.18 Å². The van der Waals surface area contributed by atoms with Gasteiger partial charge in [-0.2, -0.15) is 18.4 Å². The van der Waals surface area contributed by atoms with Crippen LogP contribution in [-0.4, -0.2) is 18.8 Å². The molecule has 0 aromatic heterocycles. The van der Waals surface area contributed by atoms with Gasteiger partial charge in [-0.15, -0.1) is 11.6 Å². The summed E-state index contributed by atoms with van der Waals surface area (Å²) in [5.74, 6) is -1.57. The van der Waals surface area contributed by atoms with Crippen LogP contribution in [-0.2, 0) is 6.18 Å². The number of alkyl halides is 4. The Kier molecular flexibility index (Phi) is 4.19. The van der Waals surface area contributed by atoms with Crippen molar-refractivity contribution in [1.29, 1.82) is 5.26 Å². The van der Waals surface area contributed by atoms with E-state index in [1.807, 2.05) is 0 Å². The Labute approximate surface area is 106 Å². The Morgan fingerprint density at radius 3 is 2.50 bits per heavy atom. The Hall–Kier alpha value is -1.74. The number of benzene rings is 1.